The van der Waals surface area contributed by atoms with Crippen molar-refractivity contribution in [1.82, 2.24) is 15.2 Å². The molecular formula is C23H25N5O3S. The molecule has 0 aliphatic carbocycles. The summed E-state index contributed by atoms with van der Waals surface area (Å²) < 4.78 is 0. The summed E-state index contributed by atoms with van der Waals surface area (Å²) in [6, 6.07) is 12.6. The standard InChI is InChI=1S/C23H25N5O3S/c1-13(2)21(30)25-18-10-6-5-9-16(18)20-22(31)26-23(28-27-20)32-12-19(29)24-17-11-7-8-14(3)15(17)4/h5-11,13H,12H2,1-4H3,(H,24,29)(H,25,30)(H,26,28,31). The van der Waals surface area contributed by atoms with Crippen LogP contribution < -0.4 is 16.2 Å². The zero-order valence-corrected chi connectivity index (χ0v) is 19.2. The number of anilines is 2. The van der Waals surface area contributed by atoms with Crippen molar-refractivity contribution in [3.8, 4) is 11.3 Å². The van der Waals surface area contributed by atoms with Gasteiger partial charge in [-0.1, -0.05) is 55.9 Å². The lowest BCUT2D eigenvalue weighted by atomic mass is 10.1. The molecule has 0 radical (unpaired) electrons. The average Bonchev–Trinajstić information content (AvgIpc) is 2.76. The lowest BCUT2D eigenvalue weighted by Crippen LogP contribution is -2.20. The van der Waals surface area contributed by atoms with E-state index in [-0.39, 0.29) is 34.3 Å². The third-order valence-electron chi connectivity index (χ3n) is 4.86. The van der Waals surface area contributed by atoms with E-state index in [4.69, 9.17) is 0 Å². The largest absolute Gasteiger partial charge is 0.325 e. The van der Waals surface area contributed by atoms with Crippen LogP contribution in [0.5, 0.6) is 0 Å². The second-order valence-electron chi connectivity index (χ2n) is 7.58. The van der Waals surface area contributed by atoms with Crippen LogP contribution in [0.3, 0.4) is 0 Å². The molecule has 1 aromatic heterocycles. The predicted octanol–water partition coefficient (Wildman–Crippen LogP) is 3.77. The minimum atomic E-state index is -0.455. The van der Waals surface area contributed by atoms with Gasteiger partial charge >= 0.3 is 0 Å². The molecule has 0 aliphatic rings. The van der Waals surface area contributed by atoms with Crippen molar-refractivity contribution in [2.45, 2.75) is 32.9 Å². The van der Waals surface area contributed by atoms with Gasteiger partial charge in [0.15, 0.2) is 10.9 Å². The van der Waals surface area contributed by atoms with Gasteiger partial charge in [0, 0.05) is 17.2 Å². The highest BCUT2D eigenvalue weighted by molar-refractivity contribution is 7.99. The number of thioether (sulfide) groups is 1. The smallest absolute Gasteiger partial charge is 0.278 e. The number of para-hydroxylation sites is 1. The number of carbonyl (C=O) groups excluding carboxylic acids is 2. The van der Waals surface area contributed by atoms with E-state index in [1.165, 1.54) is 0 Å². The van der Waals surface area contributed by atoms with E-state index < -0.39 is 5.56 Å². The van der Waals surface area contributed by atoms with Crippen LogP contribution in [0, 0.1) is 19.8 Å². The molecule has 0 saturated carbocycles. The number of rotatable bonds is 7. The molecule has 0 fully saturated rings. The fourth-order valence-corrected chi connectivity index (χ4v) is 3.45. The summed E-state index contributed by atoms with van der Waals surface area (Å²) in [5.41, 5.74) is 3.44. The summed E-state index contributed by atoms with van der Waals surface area (Å²) in [5.74, 6) is -0.514. The van der Waals surface area contributed by atoms with Gasteiger partial charge in [0.05, 0.1) is 11.4 Å². The van der Waals surface area contributed by atoms with Gasteiger partial charge in [-0.15, -0.1) is 10.2 Å². The van der Waals surface area contributed by atoms with Gasteiger partial charge in [0.2, 0.25) is 11.8 Å². The molecule has 0 unspecified atom stereocenters. The van der Waals surface area contributed by atoms with Gasteiger partial charge in [-0.05, 0) is 37.1 Å². The van der Waals surface area contributed by atoms with Crippen molar-refractivity contribution < 1.29 is 9.59 Å². The third-order valence-corrected chi connectivity index (χ3v) is 5.72. The Labute approximate surface area is 190 Å². The van der Waals surface area contributed by atoms with Gasteiger partial charge < -0.3 is 10.6 Å². The van der Waals surface area contributed by atoms with E-state index >= 15 is 0 Å². The summed E-state index contributed by atoms with van der Waals surface area (Å²) in [5, 5.41) is 14.0. The van der Waals surface area contributed by atoms with Crippen LogP contribution >= 0.6 is 11.8 Å². The number of aryl methyl sites for hydroxylation is 1. The van der Waals surface area contributed by atoms with Gasteiger partial charge in [-0.25, -0.2) is 0 Å². The third kappa shape index (κ3) is 5.61. The first-order chi connectivity index (χ1) is 15.3. The lowest BCUT2D eigenvalue weighted by Gasteiger charge is -2.12. The van der Waals surface area contributed by atoms with Crippen LogP contribution in [0.25, 0.3) is 11.3 Å². The Balaban J connectivity index is 1.71. The van der Waals surface area contributed by atoms with E-state index in [9.17, 15) is 14.4 Å². The average molecular weight is 452 g/mol. The van der Waals surface area contributed by atoms with Gasteiger partial charge in [-0.2, -0.15) is 0 Å². The number of H-pyrrole nitrogens is 1. The molecule has 2 aromatic carbocycles. The topological polar surface area (TPSA) is 117 Å². The van der Waals surface area contributed by atoms with Crippen molar-refractivity contribution in [2.24, 2.45) is 5.92 Å². The van der Waals surface area contributed by atoms with Crippen LogP contribution in [0.2, 0.25) is 0 Å². The first-order valence-corrected chi connectivity index (χ1v) is 11.1. The van der Waals surface area contributed by atoms with Gasteiger partial charge in [0.25, 0.3) is 5.56 Å². The zero-order chi connectivity index (χ0) is 23.3. The predicted molar refractivity (Wildman–Crippen MR) is 127 cm³/mol. The number of hydrogen-bond donors (Lipinski definition) is 3. The van der Waals surface area contributed by atoms with Crippen molar-refractivity contribution in [1.29, 1.82) is 0 Å². The van der Waals surface area contributed by atoms with E-state index in [0.717, 1.165) is 28.6 Å². The second kappa shape index (κ2) is 10.2. The molecule has 3 aromatic rings. The lowest BCUT2D eigenvalue weighted by molar-refractivity contribution is -0.119. The maximum Gasteiger partial charge on any atom is 0.278 e. The fourth-order valence-electron chi connectivity index (χ4n) is 2.85. The van der Waals surface area contributed by atoms with Crippen LogP contribution in [0.4, 0.5) is 11.4 Å². The molecule has 0 bridgehead atoms. The highest BCUT2D eigenvalue weighted by Crippen LogP contribution is 2.24. The number of nitrogens with one attached hydrogen (secondary N) is 3. The monoisotopic (exact) mass is 451 g/mol. The molecular weight excluding hydrogens is 426 g/mol. The Kier molecular flexibility index (Phi) is 7.42. The summed E-state index contributed by atoms with van der Waals surface area (Å²) >= 11 is 1.08. The summed E-state index contributed by atoms with van der Waals surface area (Å²) in [6.45, 7) is 7.50. The molecule has 3 N–H and O–H groups in total. The minimum absolute atomic E-state index is 0.0678. The molecule has 32 heavy (non-hydrogen) atoms. The number of benzene rings is 2. The van der Waals surface area contributed by atoms with E-state index in [1.54, 1.807) is 38.1 Å². The number of hydrogen-bond acceptors (Lipinski definition) is 6. The van der Waals surface area contributed by atoms with Crippen molar-refractivity contribution >= 4 is 35.0 Å². The van der Waals surface area contributed by atoms with Crippen LogP contribution in [0.1, 0.15) is 25.0 Å². The number of aromatic nitrogens is 3. The van der Waals surface area contributed by atoms with E-state index in [2.05, 4.69) is 25.8 Å². The van der Waals surface area contributed by atoms with E-state index in [0.29, 0.717) is 11.3 Å². The Morgan fingerprint density at radius 3 is 2.44 bits per heavy atom. The van der Waals surface area contributed by atoms with Crippen molar-refractivity contribution in [3.05, 3.63) is 63.9 Å². The Morgan fingerprint density at radius 1 is 1.00 bits per heavy atom. The Bertz CT molecular complexity index is 1210. The number of aromatic amines is 1. The molecule has 2 amide bonds. The molecule has 0 spiro atoms. The Morgan fingerprint density at radius 2 is 1.72 bits per heavy atom. The molecule has 9 heteroatoms. The number of nitrogens with zero attached hydrogens (tertiary/aromatic N) is 2. The summed E-state index contributed by atoms with van der Waals surface area (Å²) in [7, 11) is 0. The molecule has 3 rings (SSSR count). The van der Waals surface area contributed by atoms with Crippen molar-refractivity contribution in [2.75, 3.05) is 16.4 Å². The summed E-state index contributed by atoms with van der Waals surface area (Å²) in [4.78, 5) is 39.7. The van der Waals surface area contributed by atoms with Crippen LogP contribution in [-0.4, -0.2) is 32.7 Å². The first-order valence-electron chi connectivity index (χ1n) is 10.1. The van der Waals surface area contributed by atoms with Crippen LogP contribution in [-0.2, 0) is 9.59 Å². The number of amides is 2. The normalized spacial score (nSPS) is 10.8. The molecule has 1 heterocycles. The fraction of sp³-hybridized carbons (Fsp3) is 0.261. The SMILES string of the molecule is Cc1cccc(NC(=O)CSc2nnc(-c3ccccc3NC(=O)C(C)C)c(=O)[nH]2)c1C. The maximum atomic E-state index is 12.6. The van der Waals surface area contributed by atoms with Crippen LogP contribution in [0.15, 0.2) is 52.4 Å². The van der Waals surface area contributed by atoms with E-state index in [1.807, 2.05) is 32.0 Å². The molecule has 0 saturated heterocycles. The first kappa shape index (κ1) is 23.2. The highest BCUT2D eigenvalue weighted by Gasteiger charge is 2.16. The summed E-state index contributed by atoms with van der Waals surface area (Å²) in [6.07, 6.45) is 0. The molecule has 8 nitrogen and oxygen atoms in total. The highest BCUT2D eigenvalue weighted by atomic mass is 32.2. The van der Waals surface area contributed by atoms with Crippen molar-refractivity contribution in [3.63, 3.8) is 0 Å². The number of carbonyl (C=O) groups is 2. The van der Waals surface area contributed by atoms with Gasteiger partial charge in [0.1, 0.15) is 0 Å². The molecule has 0 atom stereocenters. The quantitative estimate of drug-likeness (QED) is 0.471. The molecule has 0 aliphatic heterocycles. The Hall–Kier alpha value is -3.46. The zero-order valence-electron chi connectivity index (χ0n) is 18.4. The van der Waals surface area contributed by atoms with Gasteiger partial charge in [-0.3, -0.25) is 19.4 Å². The maximum absolute atomic E-state index is 12.6. The molecule has 166 valence electrons. The second-order valence-corrected chi connectivity index (χ2v) is 8.55. The minimum Gasteiger partial charge on any atom is -0.325 e.